The van der Waals surface area contributed by atoms with Crippen LogP contribution in [0.2, 0.25) is 0 Å². The van der Waals surface area contributed by atoms with Crippen LogP contribution in [0, 0.1) is 5.82 Å². The molecule has 1 aliphatic heterocycles. The minimum absolute atomic E-state index is 0.00222. The molecule has 132 valence electrons. The van der Waals surface area contributed by atoms with Gasteiger partial charge in [-0.05, 0) is 31.2 Å². The van der Waals surface area contributed by atoms with E-state index in [4.69, 9.17) is 4.74 Å². The van der Waals surface area contributed by atoms with Crippen LogP contribution in [0.15, 0.2) is 48.8 Å². The first-order valence-electron chi connectivity index (χ1n) is 8.17. The second kappa shape index (κ2) is 6.55. The Hall–Kier alpha value is -3.29. The number of carbonyl (C=O) groups is 1. The number of pyridine rings is 2. The number of rotatable bonds is 4. The standard InChI is InChI=1S/C18H16FN5O2/c1-12-10-23(16-4-2-3-7-20-16)18(25)15-8-14(22-24(12)15)11-26-17-6-5-13(19)9-21-17/h2-9,12H,10-11H2,1H3/t12-/m1/s1. The lowest BCUT2D eigenvalue weighted by atomic mass is 10.2. The lowest BCUT2D eigenvalue weighted by Gasteiger charge is -2.30. The van der Waals surface area contributed by atoms with E-state index in [0.717, 1.165) is 6.20 Å². The van der Waals surface area contributed by atoms with Crippen LogP contribution in [0.3, 0.4) is 0 Å². The Labute approximate surface area is 149 Å². The molecule has 3 aromatic rings. The van der Waals surface area contributed by atoms with Crippen molar-refractivity contribution < 1.29 is 13.9 Å². The molecular weight excluding hydrogens is 337 g/mol. The molecule has 0 radical (unpaired) electrons. The molecule has 26 heavy (non-hydrogen) atoms. The second-order valence-corrected chi connectivity index (χ2v) is 6.02. The maximum atomic E-state index is 12.9. The molecule has 8 heteroatoms. The van der Waals surface area contributed by atoms with E-state index in [1.165, 1.54) is 12.1 Å². The molecule has 1 aliphatic rings. The zero-order chi connectivity index (χ0) is 18.1. The summed E-state index contributed by atoms with van der Waals surface area (Å²) >= 11 is 0. The molecule has 3 aromatic heterocycles. The number of amides is 1. The molecule has 1 atom stereocenters. The van der Waals surface area contributed by atoms with Crippen molar-refractivity contribution in [1.29, 1.82) is 0 Å². The van der Waals surface area contributed by atoms with Gasteiger partial charge in [-0.1, -0.05) is 6.07 Å². The van der Waals surface area contributed by atoms with Gasteiger partial charge in [0, 0.05) is 18.8 Å². The number of hydrogen-bond donors (Lipinski definition) is 0. The number of halogens is 1. The highest BCUT2D eigenvalue weighted by Gasteiger charge is 2.32. The van der Waals surface area contributed by atoms with Crippen LogP contribution in [0.1, 0.15) is 29.1 Å². The second-order valence-electron chi connectivity index (χ2n) is 6.02. The molecule has 0 aliphatic carbocycles. The van der Waals surface area contributed by atoms with E-state index in [1.54, 1.807) is 27.9 Å². The number of aromatic nitrogens is 4. The summed E-state index contributed by atoms with van der Waals surface area (Å²) in [4.78, 5) is 22.6. The highest BCUT2D eigenvalue weighted by atomic mass is 19.1. The van der Waals surface area contributed by atoms with Gasteiger partial charge in [-0.15, -0.1) is 0 Å². The summed E-state index contributed by atoms with van der Waals surface area (Å²) < 4.78 is 20.1. The zero-order valence-corrected chi connectivity index (χ0v) is 14.0. The van der Waals surface area contributed by atoms with Crippen LogP contribution in [0.5, 0.6) is 5.88 Å². The number of fused-ring (bicyclic) bond motifs is 1. The third-order valence-corrected chi connectivity index (χ3v) is 4.11. The summed E-state index contributed by atoms with van der Waals surface area (Å²) in [5.74, 6) is 0.335. The average molecular weight is 353 g/mol. The van der Waals surface area contributed by atoms with E-state index < -0.39 is 5.82 Å². The van der Waals surface area contributed by atoms with Gasteiger partial charge in [0.1, 0.15) is 29.6 Å². The van der Waals surface area contributed by atoms with Gasteiger partial charge in [0.25, 0.3) is 5.91 Å². The molecule has 0 N–H and O–H groups in total. The van der Waals surface area contributed by atoms with Gasteiger partial charge >= 0.3 is 0 Å². The van der Waals surface area contributed by atoms with Crippen molar-refractivity contribution in [3.8, 4) is 5.88 Å². The van der Waals surface area contributed by atoms with Crippen molar-refractivity contribution in [1.82, 2.24) is 19.7 Å². The third-order valence-electron chi connectivity index (χ3n) is 4.11. The van der Waals surface area contributed by atoms with E-state index in [-0.39, 0.29) is 18.6 Å². The van der Waals surface area contributed by atoms with Gasteiger partial charge in [-0.25, -0.2) is 14.4 Å². The molecule has 4 rings (SSSR count). The van der Waals surface area contributed by atoms with Crippen LogP contribution >= 0.6 is 0 Å². The Balaban J connectivity index is 1.55. The Bertz CT molecular complexity index is 927. The molecule has 0 saturated heterocycles. The molecule has 7 nitrogen and oxygen atoms in total. The van der Waals surface area contributed by atoms with E-state index in [0.29, 0.717) is 29.6 Å². The van der Waals surface area contributed by atoms with Gasteiger partial charge in [0.2, 0.25) is 5.88 Å². The number of hydrogen-bond acceptors (Lipinski definition) is 5. The van der Waals surface area contributed by atoms with Crippen LogP contribution in [0.25, 0.3) is 0 Å². The summed E-state index contributed by atoms with van der Waals surface area (Å²) in [6.45, 7) is 2.62. The largest absolute Gasteiger partial charge is 0.471 e. The Morgan fingerprint density at radius 3 is 2.88 bits per heavy atom. The highest BCUT2D eigenvalue weighted by molar-refractivity contribution is 6.05. The topological polar surface area (TPSA) is 73.1 Å². The van der Waals surface area contributed by atoms with Crippen LogP contribution in [-0.4, -0.2) is 32.2 Å². The number of nitrogens with zero attached hydrogens (tertiary/aromatic N) is 5. The van der Waals surface area contributed by atoms with Crippen LogP contribution in [-0.2, 0) is 6.61 Å². The Morgan fingerprint density at radius 2 is 2.15 bits per heavy atom. The summed E-state index contributed by atoms with van der Waals surface area (Å²) in [7, 11) is 0. The van der Waals surface area contributed by atoms with Crippen molar-refractivity contribution in [2.75, 3.05) is 11.4 Å². The van der Waals surface area contributed by atoms with Crippen molar-refractivity contribution >= 4 is 11.7 Å². The summed E-state index contributed by atoms with van der Waals surface area (Å²) in [6.07, 6.45) is 2.75. The lowest BCUT2D eigenvalue weighted by Crippen LogP contribution is -2.42. The zero-order valence-electron chi connectivity index (χ0n) is 14.0. The highest BCUT2D eigenvalue weighted by Crippen LogP contribution is 2.25. The average Bonchev–Trinajstić information content (AvgIpc) is 3.10. The van der Waals surface area contributed by atoms with Crippen LogP contribution in [0.4, 0.5) is 10.2 Å². The monoisotopic (exact) mass is 353 g/mol. The van der Waals surface area contributed by atoms with Gasteiger partial charge in [0.15, 0.2) is 0 Å². The maximum absolute atomic E-state index is 12.9. The minimum Gasteiger partial charge on any atom is -0.471 e. The molecule has 0 saturated carbocycles. The first-order chi connectivity index (χ1) is 12.6. The van der Waals surface area contributed by atoms with Crippen LogP contribution < -0.4 is 9.64 Å². The van der Waals surface area contributed by atoms with E-state index >= 15 is 0 Å². The summed E-state index contributed by atoms with van der Waals surface area (Å²) in [6, 6.07) is 9.89. The third kappa shape index (κ3) is 3.01. The van der Waals surface area contributed by atoms with Gasteiger partial charge < -0.3 is 4.74 Å². The van der Waals surface area contributed by atoms with Crippen molar-refractivity contribution in [3.05, 3.63) is 66.0 Å². The maximum Gasteiger partial charge on any atom is 0.277 e. The first kappa shape index (κ1) is 16.2. The van der Waals surface area contributed by atoms with Gasteiger partial charge in [-0.3, -0.25) is 14.4 Å². The normalized spacial score (nSPS) is 16.5. The van der Waals surface area contributed by atoms with Gasteiger partial charge in [0.05, 0.1) is 12.2 Å². The SMILES string of the molecule is C[C@@H]1CN(c2ccccn2)C(=O)c2cc(COc3ccc(F)cn3)nn21. The van der Waals surface area contributed by atoms with Crippen molar-refractivity contribution in [2.24, 2.45) is 0 Å². The Kier molecular flexibility index (Phi) is 4.08. The summed E-state index contributed by atoms with van der Waals surface area (Å²) in [5.41, 5.74) is 1.09. The van der Waals surface area contributed by atoms with Gasteiger partial charge in [-0.2, -0.15) is 5.10 Å². The quantitative estimate of drug-likeness (QED) is 0.721. The molecule has 1 amide bonds. The number of carbonyl (C=O) groups excluding carboxylic acids is 1. The number of anilines is 1. The molecular formula is C18H16FN5O2. The molecule has 0 unspecified atom stereocenters. The first-order valence-corrected chi connectivity index (χ1v) is 8.17. The molecule has 0 bridgehead atoms. The molecule has 0 spiro atoms. The lowest BCUT2D eigenvalue weighted by molar-refractivity contribution is 0.0952. The van der Waals surface area contributed by atoms with Crippen molar-refractivity contribution in [2.45, 2.75) is 19.6 Å². The van der Waals surface area contributed by atoms with E-state index in [2.05, 4.69) is 15.1 Å². The fourth-order valence-corrected chi connectivity index (χ4v) is 2.88. The minimum atomic E-state index is -0.427. The predicted octanol–water partition coefficient (Wildman–Crippen LogP) is 2.61. The number of ether oxygens (including phenoxy) is 1. The fraction of sp³-hybridized carbons (Fsp3) is 0.222. The molecule has 0 aromatic carbocycles. The summed E-state index contributed by atoms with van der Waals surface area (Å²) in [5, 5.41) is 4.46. The smallest absolute Gasteiger partial charge is 0.277 e. The Morgan fingerprint density at radius 1 is 1.27 bits per heavy atom. The fourth-order valence-electron chi connectivity index (χ4n) is 2.88. The molecule has 0 fully saturated rings. The molecule has 4 heterocycles. The van der Waals surface area contributed by atoms with E-state index in [1.807, 2.05) is 19.1 Å². The van der Waals surface area contributed by atoms with E-state index in [9.17, 15) is 9.18 Å². The predicted molar refractivity (Wildman–Crippen MR) is 91.4 cm³/mol. The van der Waals surface area contributed by atoms with Crippen molar-refractivity contribution in [3.63, 3.8) is 0 Å².